The maximum atomic E-state index is 12.2. The predicted octanol–water partition coefficient (Wildman–Crippen LogP) is 2.15. The van der Waals surface area contributed by atoms with Crippen molar-refractivity contribution in [2.75, 3.05) is 27.9 Å². The number of carbonyl (C=O) groups is 2. The van der Waals surface area contributed by atoms with Crippen molar-refractivity contribution in [1.29, 1.82) is 0 Å². The minimum Gasteiger partial charge on any atom is -0.496 e. The Morgan fingerprint density at radius 3 is 2.26 bits per heavy atom. The third-order valence-corrected chi connectivity index (χ3v) is 3.95. The number of ether oxygens (including phenoxy) is 3. The van der Waals surface area contributed by atoms with E-state index >= 15 is 0 Å². The van der Waals surface area contributed by atoms with Crippen LogP contribution in [0.4, 0.5) is 0 Å². The first-order valence-electron chi connectivity index (χ1n) is 8.48. The number of rotatable bonds is 9. The summed E-state index contributed by atoms with van der Waals surface area (Å²) in [4.78, 5) is 24.2. The fourth-order valence-corrected chi connectivity index (χ4v) is 2.59. The summed E-state index contributed by atoms with van der Waals surface area (Å²) in [6.45, 7) is 0.525. The van der Waals surface area contributed by atoms with Gasteiger partial charge < -0.3 is 24.8 Å². The third kappa shape index (κ3) is 5.37. The van der Waals surface area contributed by atoms with Crippen LogP contribution in [0.1, 0.15) is 22.3 Å². The van der Waals surface area contributed by atoms with Gasteiger partial charge in [0, 0.05) is 25.1 Å². The maximum absolute atomic E-state index is 12.2. The van der Waals surface area contributed by atoms with E-state index in [1.54, 1.807) is 44.6 Å². The van der Waals surface area contributed by atoms with Crippen LogP contribution in [-0.2, 0) is 11.3 Å². The topological polar surface area (TPSA) is 85.9 Å². The first-order chi connectivity index (χ1) is 13.1. The monoisotopic (exact) mass is 372 g/mol. The molecule has 0 aliphatic rings. The summed E-state index contributed by atoms with van der Waals surface area (Å²) in [6.07, 6.45) is 0.160. The molecule has 0 aliphatic carbocycles. The fraction of sp³-hybridized carbons (Fsp3) is 0.300. The van der Waals surface area contributed by atoms with Crippen LogP contribution in [0.15, 0.2) is 42.5 Å². The van der Waals surface area contributed by atoms with E-state index in [4.69, 9.17) is 14.2 Å². The molecular formula is C20H24N2O5. The Hall–Kier alpha value is -3.22. The lowest BCUT2D eigenvalue weighted by atomic mass is 10.1. The lowest BCUT2D eigenvalue weighted by molar-refractivity contribution is -0.121. The molecule has 0 heterocycles. The average Bonchev–Trinajstić information content (AvgIpc) is 2.71. The van der Waals surface area contributed by atoms with Crippen molar-refractivity contribution in [2.45, 2.75) is 13.0 Å². The molecule has 2 N–H and O–H groups in total. The quantitative estimate of drug-likeness (QED) is 0.704. The molecule has 0 bridgehead atoms. The molecule has 0 aromatic heterocycles. The average molecular weight is 372 g/mol. The molecule has 0 fully saturated rings. The van der Waals surface area contributed by atoms with Crippen molar-refractivity contribution in [2.24, 2.45) is 0 Å². The number of para-hydroxylation sites is 2. The fourth-order valence-electron chi connectivity index (χ4n) is 2.59. The van der Waals surface area contributed by atoms with Crippen molar-refractivity contribution in [1.82, 2.24) is 10.6 Å². The Balaban J connectivity index is 1.83. The highest BCUT2D eigenvalue weighted by Gasteiger charge is 2.13. The van der Waals surface area contributed by atoms with Crippen LogP contribution in [0.2, 0.25) is 0 Å². The van der Waals surface area contributed by atoms with Crippen molar-refractivity contribution in [3.63, 3.8) is 0 Å². The molecule has 0 atom stereocenters. The summed E-state index contributed by atoms with van der Waals surface area (Å²) in [5, 5.41) is 5.53. The summed E-state index contributed by atoms with van der Waals surface area (Å²) >= 11 is 0. The first-order valence-corrected chi connectivity index (χ1v) is 8.48. The van der Waals surface area contributed by atoms with Crippen molar-refractivity contribution in [3.05, 3.63) is 53.6 Å². The minimum absolute atomic E-state index is 0.160. The van der Waals surface area contributed by atoms with Gasteiger partial charge in [-0.05, 0) is 18.2 Å². The summed E-state index contributed by atoms with van der Waals surface area (Å²) < 4.78 is 15.7. The second-order valence-corrected chi connectivity index (χ2v) is 5.64. The van der Waals surface area contributed by atoms with Crippen molar-refractivity contribution >= 4 is 11.8 Å². The highest BCUT2D eigenvalue weighted by molar-refractivity contribution is 5.97. The first kappa shape index (κ1) is 20.1. The highest BCUT2D eigenvalue weighted by Crippen LogP contribution is 2.30. The van der Waals surface area contributed by atoms with Gasteiger partial charge in [0.1, 0.15) is 5.75 Å². The van der Waals surface area contributed by atoms with Crippen LogP contribution >= 0.6 is 0 Å². The number of benzene rings is 2. The number of methoxy groups -OCH3 is 3. The molecule has 0 radical (unpaired) electrons. The molecule has 27 heavy (non-hydrogen) atoms. The van der Waals surface area contributed by atoms with Gasteiger partial charge in [0.2, 0.25) is 5.91 Å². The third-order valence-electron chi connectivity index (χ3n) is 3.95. The van der Waals surface area contributed by atoms with E-state index in [1.165, 1.54) is 7.11 Å². The Morgan fingerprint density at radius 2 is 1.56 bits per heavy atom. The van der Waals surface area contributed by atoms with E-state index in [0.29, 0.717) is 29.4 Å². The molecule has 0 unspecified atom stereocenters. The molecule has 0 aliphatic heterocycles. The number of carbonyl (C=O) groups excluding carboxylic acids is 2. The van der Waals surface area contributed by atoms with Crippen LogP contribution in [0.3, 0.4) is 0 Å². The van der Waals surface area contributed by atoms with Crippen LogP contribution in [-0.4, -0.2) is 39.7 Å². The molecular weight excluding hydrogens is 348 g/mol. The second kappa shape index (κ2) is 10.1. The molecule has 144 valence electrons. The number of hydrogen-bond acceptors (Lipinski definition) is 5. The summed E-state index contributed by atoms with van der Waals surface area (Å²) in [5.41, 5.74) is 1.24. The van der Waals surface area contributed by atoms with E-state index < -0.39 is 0 Å². The smallest absolute Gasteiger partial charge is 0.255 e. The van der Waals surface area contributed by atoms with Crippen molar-refractivity contribution in [3.8, 4) is 17.2 Å². The van der Waals surface area contributed by atoms with E-state index in [0.717, 1.165) is 5.56 Å². The normalized spacial score (nSPS) is 10.0. The Morgan fingerprint density at radius 1 is 0.852 bits per heavy atom. The number of nitrogens with one attached hydrogen (secondary N) is 2. The second-order valence-electron chi connectivity index (χ2n) is 5.64. The highest BCUT2D eigenvalue weighted by atomic mass is 16.5. The van der Waals surface area contributed by atoms with Crippen molar-refractivity contribution < 1.29 is 23.8 Å². The van der Waals surface area contributed by atoms with Gasteiger partial charge in [-0.1, -0.05) is 24.3 Å². The predicted molar refractivity (Wildman–Crippen MR) is 101 cm³/mol. The largest absolute Gasteiger partial charge is 0.496 e. The van der Waals surface area contributed by atoms with Gasteiger partial charge in [-0.15, -0.1) is 0 Å². The molecule has 2 aromatic carbocycles. The van der Waals surface area contributed by atoms with Gasteiger partial charge in [-0.25, -0.2) is 0 Å². The Kier molecular flexibility index (Phi) is 7.49. The van der Waals surface area contributed by atoms with Crippen LogP contribution in [0, 0.1) is 0 Å². The molecule has 0 saturated carbocycles. The Bertz CT molecular complexity index is 792. The lowest BCUT2D eigenvalue weighted by Crippen LogP contribution is -2.30. The van der Waals surface area contributed by atoms with Crippen LogP contribution in [0.25, 0.3) is 0 Å². The van der Waals surface area contributed by atoms with E-state index in [9.17, 15) is 9.59 Å². The molecule has 7 nitrogen and oxygen atoms in total. The minimum atomic E-state index is -0.283. The van der Waals surface area contributed by atoms with Gasteiger partial charge in [0.05, 0.1) is 26.9 Å². The molecule has 7 heteroatoms. The zero-order valence-electron chi connectivity index (χ0n) is 15.7. The van der Waals surface area contributed by atoms with Gasteiger partial charge in [-0.3, -0.25) is 9.59 Å². The van der Waals surface area contributed by atoms with Gasteiger partial charge in [0.15, 0.2) is 11.5 Å². The molecule has 0 spiro atoms. The van der Waals surface area contributed by atoms with Gasteiger partial charge in [-0.2, -0.15) is 0 Å². The van der Waals surface area contributed by atoms with E-state index in [1.807, 2.05) is 12.1 Å². The summed E-state index contributed by atoms with van der Waals surface area (Å²) in [7, 11) is 4.62. The van der Waals surface area contributed by atoms with Crippen LogP contribution < -0.4 is 24.8 Å². The molecule has 0 saturated heterocycles. The molecule has 2 amide bonds. The zero-order chi connectivity index (χ0) is 19.6. The van der Waals surface area contributed by atoms with E-state index in [-0.39, 0.29) is 24.8 Å². The van der Waals surface area contributed by atoms with Gasteiger partial charge in [0.25, 0.3) is 5.91 Å². The summed E-state index contributed by atoms with van der Waals surface area (Å²) in [5.74, 6) is 1.22. The van der Waals surface area contributed by atoms with E-state index in [2.05, 4.69) is 10.6 Å². The van der Waals surface area contributed by atoms with Crippen LogP contribution in [0.5, 0.6) is 17.2 Å². The SMILES string of the molecule is COc1ccccc1C(=O)NCCC(=O)NCc1cccc(OC)c1OC. The Labute approximate surface area is 158 Å². The standard InChI is InChI=1S/C20H24N2O5/c1-25-16-9-5-4-8-15(16)20(24)21-12-11-18(23)22-13-14-7-6-10-17(26-2)19(14)27-3/h4-10H,11-13H2,1-3H3,(H,21,24)(H,22,23). The molecule has 2 aromatic rings. The van der Waals surface area contributed by atoms with Gasteiger partial charge >= 0.3 is 0 Å². The zero-order valence-corrected chi connectivity index (χ0v) is 15.7. The number of hydrogen-bond donors (Lipinski definition) is 2. The summed E-state index contributed by atoms with van der Waals surface area (Å²) in [6, 6.07) is 12.4. The lowest BCUT2D eigenvalue weighted by Gasteiger charge is -2.13. The molecule has 2 rings (SSSR count). The maximum Gasteiger partial charge on any atom is 0.255 e. The number of amides is 2.